The van der Waals surface area contributed by atoms with Crippen molar-refractivity contribution in [1.29, 1.82) is 0 Å². The fourth-order valence-electron chi connectivity index (χ4n) is 3.46. The quantitative estimate of drug-likeness (QED) is 0.454. The third-order valence-electron chi connectivity index (χ3n) is 5.08. The number of furan rings is 1. The highest BCUT2D eigenvalue weighted by atomic mass is 19.4. The van der Waals surface area contributed by atoms with Gasteiger partial charge in [0.2, 0.25) is 0 Å². The van der Waals surface area contributed by atoms with Crippen molar-refractivity contribution in [3.8, 4) is 11.3 Å². The first-order valence-electron chi connectivity index (χ1n) is 9.64. The molecule has 166 valence electrons. The monoisotopic (exact) mass is 446 g/mol. The van der Waals surface area contributed by atoms with Gasteiger partial charge in [-0.15, -0.1) is 0 Å². The van der Waals surface area contributed by atoms with Crippen LogP contribution in [0.1, 0.15) is 22.5 Å². The second-order valence-corrected chi connectivity index (χ2v) is 7.28. The van der Waals surface area contributed by atoms with Crippen molar-refractivity contribution < 1.29 is 27.3 Å². The maximum atomic E-state index is 12.9. The molecule has 3 heterocycles. The average molecular weight is 446 g/mol. The molecule has 0 bridgehead atoms. The Bertz CT molecular complexity index is 1140. The summed E-state index contributed by atoms with van der Waals surface area (Å²) >= 11 is 0. The Hall–Kier alpha value is -3.89. The topological polar surface area (TPSA) is 102 Å². The Morgan fingerprint density at radius 3 is 2.72 bits per heavy atom. The number of hydrogen-bond acceptors (Lipinski definition) is 6. The molecule has 2 aromatic heterocycles. The van der Waals surface area contributed by atoms with Crippen molar-refractivity contribution in [1.82, 2.24) is 9.88 Å². The molecule has 3 aromatic rings. The fraction of sp³-hybridized carbons (Fsp3) is 0.238. The third-order valence-corrected chi connectivity index (χ3v) is 5.08. The van der Waals surface area contributed by atoms with Crippen LogP contribution in [-0.4, -0.2) is 39.8 Å². The number of nitrogens with one attached hydrogen (secondary N) is 1. The van der Waals surface area contributed by atoms with Gasteiger partial charge in [-0.25, -0.2) is 4.98 Å². The maximum absolute atomic E-state index is 12.9. The molecule has 0 aliphatic carbocycles. The van der Waals surface area contributed by atoms with E-state index in [9.17, 15) is 28.1 Å². The zero-order valence-corrected chi connectivity index (χ0v) is 16.5. The highest BCUT2D eigenvalue weighted by Gasteiger charge is 2.31. The van der Waals surface area contributed by atoms with Crippen molar-refractivity contribution in [2.45, 2.75) is 18.6 Å². The van der Waals surface area contributed by atoms with Gasteiger partial charge in [0.1, 0.15) is 17.8 Å². The summed E-state index contributed by atoms with van der Waals surface area (Å²) in [6.07, 6.45) is -2.69. The fourth-order valence-corrected chi connectivity index (χ4v) is 3.46. The van der Waals surface area contributed by atoms with Crippen molar-refractivity contribution in [3.05, 3.63) is 76.2 Å². The Labute approximate surface area is 179 Å². The summed E-state index contributed by atoms with van der Waals surface area (Å²) in [6.45, 7) is 0.806. The minimum Gasteiger partial charge on any atom is -0.451 e. The van der Waals surface area contributed by atoms with Crippen LogP contribution in [0.15, 0.2) is 59.1 Å². The molecule has 1 unspecified atom stereocenters. The van der Waals surface area contributed by atoms with Crippen LogP contribution in [0.3, 0.4) is 0 Å². The lowest BCUT2D eigenvalue weighted by molar-refractivity contribution is -0.385. The van der Waals surface area contributed by atoms with Gasteiger partial charge >= 0.3 is 6.18 Å². The zero-order valence-electron chi connectivity index (χ0n) is 16.5. The lowest BCUT2D eigenvalue weighted by atomic mass is 10.1. The van der Waals surface area contributed by atoms with E-state index in [-0.39, 0.29) is 34.7 Å². The van der Waals surface area contributed by atoms with Crippen molar-refractivity contribution in [2.75, 3.05) is 18.4 Å². The number of likely N-dealkylation sites (tertiary alicyclic amines) is 1. The molecule has 1 aromatic carbocycles. The van der Waals surface area contributed by atoms with E-state index < -0.39 is 16.7 Å². The molecule has 0 radical (unpaired) electrons. The largest absolute Gasteiger partial charge is 0.451 e. The number of rotatable bonds is 5. The molecule has 0 saturated carbocycles. The van der Waals surface area contributed by atoms with Crippen LogP contribution in [-0.2, 0) is 6.18 Å². The Kier molecular flexibility index (Phi) is 5.56. The van der Waals surface area contributed by atoms with E-state index >= 15 is 0 Å². The number of nitro groups is 1. The highest BCUT2D eigenvalue weighted by molar-refractivity contribution is 5.92. The number of anilines is 1. The van der Waals surface area contributed by atoms with Crippen LogP contribution in [0.2, 0.25) is 0 Å². The molecule has 0 spiro atoms. The van der Waals surface area contributed by atoms with Crippen LogP contribution < -0.4 is 5.32 Å². The molecular formula is C21H17F3N4O4. The van der Waals surface area contributed by atoms with Gasteiger partial charge < -0.3 is 14.6 Å². The van der Waals surface area contributed by atoms with Gasteiger partial charge in [0.05, 0.1) is 10.5 Å². The number of carbonyl (C=O) groups excluding carboxylic acids is 1. The van der Waals surface area contributed by atoms with E-state index in [1.807, 2.05) is 0 Å². The number of amides is 1. The van der Waals surface area contributed by atoms with Gasteiger partial charge in [-0.2, -0.15) is 13.2 Å². The predicted molar refractivity (Wildman–Crippen MR) is 108 cm³/mol. The number of aromatic nitrogens is 1. The van der Waals surface area contributed by atoms with E-state index in [4.69, 9.17) is 4.42 Å². The van der Waals surface area contributed by atoms with Crippen molar-refractivity contribution >= 4 is 17.4 Å². The zero-order chi connectivity index (χ0) is 22.9. The minimum absolute atomic E-state index is 0.0338. The van der Waals surface area contributed by atoms with Gasteiger partial charge in [0.25, 0.3) is 11.6 Å². The van der Waals surface area contributed by atoms with Gasteiger partial charge in [-0.05, 0) is 36.8 Å². The number of pyridine rings is 1. The van der Waals surface area contributed by atoms with E-state index in [0.29, 0.717) is 25.3 Å². The summed E-state index contributed by atoms with van der Waals surface area (Å²) in [6, 6.07) is 10.3. The van der Waals surface area contributed by atoms with Gasteiger partial charge in [-0.1, -0.05) is 12.1 Å². The summed E-state index contributed by atoms with van der Waals surface area (Å²) in [7, 11) is 0. The number of benzene rings is 1. The van der Waals surface area contributed by atoms with Crippen LogP contribution in [0.4, 0.5) is 24.7 Å². The summed E-state index contributed by atoms with van der Waals surface area (Å²) in [5.74, 6) is 0.291. The molecule has 1 fully saturated rings. The van der Waals surface area contributed by atoms with Crippen LogP contribution in [0, 0.1) is 10.1 Å². The molecule has 8 nitrogen and oxygen atoms in total. The predicted octanol–water partition coefficient (Wildman–Crippen LogP) is 4.60. The minimum atomic E-state index is -4.47. The van der Waals surface area contributed by atoms with Gasteiger partial charge in [0, 0.05) is 30.8 Å². The Morgan fingerprint density at radius 1 is 1.22 bits per heavy atom. The first-order valence-corrected chi connectivity index (χ1v) is 9.64. The van der Waals surface area contributed by atoms with Gasteiger partial charge in [0.15, 0.2) is 5.76 Å². The number of alkyl halides is 3. The summed E-state index contributed by atoms with van der Waals surface area (Å²) in [5.41, 5.74) is -0.690. The number of halogens is 3. The first-order chi connectivity index (χ1) is 15.2. The summed E-state index contributed by atoms with van der Waals surface area (Å²) in [4.78, 5) is 28.5. The first kappa shape index (κ1) is 21.3. The molecule has 1 aliphatic rings. The van der Waals surface area contributed by atoms with E-state index in [0.717, 1.165) is 18.3 Å². The van der Waals surface area contributed by atoms with Crippen LogP contribution in [0.5, 0.6) is 0 Å². The summed E-state index contributed by atoms with van der Waals surface area (Å²) in [5, 5.41) is 13.8. The molecular weight excluding hydrogens is 429 g/mol. The lowest BCUT2D eigenvalue weighted by Crippen LogP contribution is -2.31. The maximum Gasteiger partial charge on any atom is 0.416 e. The van der Waals surface area contributed by atoms with E-state index in [1.165, 1.54) is 36.4 Å². The molecule has 1 saturated heterocycles. The molecule has 1 N–H and O–H groups in total. The lowest BCUT2D eigenvalue weighted by Gasteiger charge is -2.16. The van der Waals surface area contributed by atoms with Crippen LogP contribution >= 0.6 is 0 Å². The van der Waals surface area contributed by atoms with Gasteiger partial charge in [-0.3, -0.25) is 14.9 Å². The SMILES string of the molecule is O=C(c1ccc(-c2cccc(C(F)(F)F)c2)o1)N1CCC(Nc2ccc([N+](=O)[O-])cn2)C1. The number of nitrogens with zero attached hydrogens (tertiary/aromatic N) is 3. The molecule has 11 heteroatoms. The van der Waals surface area contributed by atoms with E-state index in [2.05, 4.69) is 10.3 Å². The average Bonchev–Trinajstić information content (AvgIpc) is 3.43. The molecule has 1 aliphatic heterocycles. The molecule has 1 amide bonds. The smallest absolute Gasteiger partial charge is 0.416 e. The molecule has 4 rings (SSSR count). The van der Waals surface area contributed by atoms with Crippen molar-refractivity contribution in [3.63, 3.8) is 0 Å². The highest BCUT2D eigenvalue weighted by Crippen LogP contribution is 2.33. The Morgan fingerprint density at radius 2 is 2.03 bits per heavy atom. The third kappa shape index (κ3) is 4.56. The summed E-state index contributed by atoms with van der Waals surface area (Å²) < 4.78 is 44.4. The number of carbonyl (C=O) groups is 1. The second kappa shape index (κ2) is 8.33. The standard InChI is InChI=1S/C21H17F3N4O4/c22-21(23,24)14-3-1-2-13(10-14)17-5-6-18(32-17)20(29)27-9-8-15(12-27)26-19-7-4-16(11-25-19)28(30)31/h1-7,10-11,15H,8-9,12H2,(H,25,26). The van der Waals surface area contributed by atoms with Crippen LogP contribution in [0.25, 0.3) is 11.3 Å². The van der Waals surface area contributed by atoms with E-state index in [1.54, 1.807) is 4.90 Å². The Balaban J connectivity index is 1.40. The molecule has 1 atom stereocenters. The molecule has 32 heavy (non-hydrogen) atoms. The number of hydrogen-bond donors (Lipinski definition) is 1. The normalized spacial score (nSPS) is 16.2. The van der Waals surface area contributed by atoms with Crippen molar-refractivity contribution in [2.24, 2.45) is 0 Å². The second-order valence-electron chi connectivity index (χ2n) is 7.28.